The summed E-state index contributed by atoms with van der Waals surface area (Å²) in [6.07, 6.45) is -2.00. The van der Waals surface area contributed by atoms with Gasteiger partial charge in [-0.05, 0) is 49.7 Å². The van der Waals surface area contributed by atoms with Crippen molar-refractivity contribution in [1.29, 1.82) is 0 Å². The number of hydrogen-bond donors (Lipinski definition) is 2. The molecule has 3 heterocycles. The van der Waals surface area contributed by atoms with Crippen LogP contribution in [0.25, 0.3) is 0 Å². The number of piperazine rings is 1. The van der Waals surface area contributed by atoms with E-state index in [9.17, 15) is 22.8 Å². The SMILES string of the molecule is Cc1ccc(C(=O)Nc2cc(C(F)(F)F)ccn2)cc1C#Cc1cnc(NC(=O)N2CCN(C)CC2)s1. The van der Waals surface area contributed by atoms with Gasteiger partial charge in [0.05, 0.1) is 16.6 Å². The van der Waals surface area contributed by atoms with Crippen LogP contribution in [0, 0.1) is 18.8 Å². The standard InChI is InChI=1S/C25H23F3N6O2S/c1-16-3-4-18(22(35)31-21-14-19(7-8-29-21)25(26,27)28)13-17(16)5-6-20-15-30-23(37-20)32-24(36)34-11-9-33(2)10-12-34/h3-4,7-8,13-15H,9-12H2,1-2H3,(H,29,31,35)(H,30,32,36). The number of benzene rings is 1. The summed E-state index contributed by atoms with van der Waals surface area (Å²) in [5.41, 5.74) is 0.700. The summed E-state index contributed by atoms with van der Waals surface area (Å²) in [5.74, 6) is 5.17. The summed E-state index contributed by atoms with van der Waals surface area (Å²) in [4.78, 5) is 37.6. The van der Waals surface area contributed by atoms with Crippen LogP contribution in [0.3, 0.4) is 0 Å². The molecule has 0 atom stereocenters. The number of alkyl halides is 3. The number of pyridine rings is 1. The van der Waals surface area contributed by atoms with Gasteiger partial charge in [0, 0.05) is 43.5 Å². The van der Waals surface area contributed by atoms with E-state index >= 15 is 0 Å². The van der Waals surface area contributed by atoms with Gasteiger partial charge < -0.3 is 15.1 Å². The summed E-state index contributed by atoms with van der Waals surface area (Å²) in [7, 11) is 2.01. The molecule has 8 nitrogen and oxygen atoms in total. The van der Waals surface area contributed by atoms with Gasteiger partial charge in [-0.25, -0.2) is 14.8 Å². The lowest BCUT2D eigenvalue weighted by Gasteiger charge is -2.32. The van der Waals surface area contributed by atoms with E-state index in [0.717, 1.165) is 37.0 Å². The summed E-state index contributed by atoms with van der Waals surface area (Å²) in [5, 5.41) is 5.62. The van der Waals surface area contributed by atoms with Gasteiger partial charge in [-0.3, -0.25) is 10.1 Å². The van der Waals surface area contributed by atoms with Crippen LogP contribution in [-0.4, -0.2) is 64.9 Å². The molecule has 0 spiro atoms. The maximum atomic E-state index is 12.9. The van der Waals surface area contributed by atoms with Crippen molar-refractivity contribution in [3.63, 3.8) is 0 Å². The number of halogens is 3. The van der Waals surface area contributed by atoms with E-state index < -0.39 is 17.6 Å². The van der Waals surface area contributed by atoms with Crippen molar-refractivity contribution in [1.82, 2.24) is 19.8 Å². The number of anilines is 2. The number of amides is 3. The number of urea groups is 1. The van der Waals surface area contributed by atoms with Crippen LogP contribution < -0.4 is 10.6 Å². The van der Waals surface area contributed by atoms with E-state index in [0.29, 0.717) is 28.7 Å². The third-order valence-corrected chi connectivity index (χ3v) is 6.49. The lowest BCUT2D eigenvalue weighted by atomic mass is 10.0. The fourth-order valence-corrected chi connectivity index (χ4v) is 4.12. The minimum absolute atomic E-state index is 0.202. The Bertz CT molecular complexity index is 1370. The summed E-state index contributed by atoms with van der Waals surface area (Å²) >= 11 is 1.23. The Morgan fingerprint density at radius 3 is 2.51 bits per heavy atom. The predicted octanol–water partition coefficient (Wildman–Crippen LogP) is 4.30. The molecule has 192 valence electrons. The van der Waals surface area contributed by atoms with Crippen LogP contribution in [0.4, 0.5) is 28.9 Å². The first-order valence-corrected chi connectivity index (χ1v) is 12.1. The van der Waals surface area contributed by atoms with Crippen LogP contribution in [0.2, 0.25) is 0 Å². The number of carbonyl (C=O) groups is 2. The van der Waals surface area contributed by atoms with Gasteiger partial charge in [-0.2, -0.15) is 13.2 Å². The predicted molar refractivity (Wildman–Crippen MR) is 135 cm³/mol. The number of nitrogens with one attached hydrogen (secondary N) is 2. The maximum Gasteiger partial charge on any atom is 0.416 e. The molecule has 2 N–H and O–H groups in total. The highest BCUT2D eigenvalue weighted by molar-refractivity contribution is 7.16. The molecular weight excluding hydrogens is 505 g/mol. The van der Waals surface area contributed by atoms with Gasteiger partial charge in [0.25, 0.3) is 5.91 Å². The molecule has 1 fully saturated rings. The lowest BCUT2D eigenvalue weighted by molar-refractivity contribution is -0.137. The molecule has 37 heavy (non-hydrogen) atoms. The highest BCUT2D eigenvalue weighted by Crippen LogP contribution is 2.30. The fourth-order valence-electron chi connectivity index (χ4n) is 3.46. The molecule has 4 rings (SSSR count). The first kappa shape index (κ1) is 26.1. The number of likely N-dealkylation sites (N-methyl/N-ethyl adjacent to an activating group) is 1. The van der Waals surface area contributed by atoms with Gasteiger partial charge in [0.2, 0.25) is 0 Å². The number of rotatable bonds is 3. The molecule has 3 aromatic rings. The molecule has 1 aliphatic rings. The van der Waals surface area contributed by atoms with Crippen LogP contribution in [0.15, 0.2) is 42.7 Å². The average molecular weight is 529 g/mol. The number of aryl methyl sites for hydroxylation is 1. The minimum atomic E-state index is -4.54. The number of thiazole rings is 1. The van der Waals surface area contributed by atoms with Crippen molar-refractivity contribution in [2.45, 2.75) is 13.1 Å². The lowest BCUT2D eigenvalue weighted by Crippen LogP contribution is -2.48. The summed E-state index contributed by atoms with van der Waals surface area (Å²) in [6.45, 7) is 4.75. The second-order valence-corrected chi connectivity index (χ2v) is 9.44. The Morgan fingerprint density at radius 1 is 1.03 bits per heavy atom. The Balaban J connectivity index is 1.43. The molecule has 0 saturated carbocycles. The minimum Gasteiger partial charge on any atom is -0.322 e. The summed E-state index contributed by atoms with van der Waals surface area (Å²) in [6, 6.07) is 6.22. The zero-order chi connectivity index (χ0) is 26.6. The highest BCUT2D eigenvalue weighted by atomic mass is 32.1. The van der Waals surface area contributed by atoms with Crippen molar-refractivity contribution in [3.05, 3.63) is 69.9 Å². The van der Waals surface area contributed by atoms with Crippen molar-refractivity contribution < 1.29 is 22.8 Å². The van der Waals surface area contributed by atoms with Crippen LogP contribution in [0.5, 0.6) is 0 Å². The van der Waals surface area contributed by atoms with E-state index in [-0.39, 0.29) is 17.4 Å². The fraction of sp³-hybridized carbons (Fsp3) is 0.280. The molecule has 12 heteroatoms. The van der Waals surface area contributed by atoms with Crippen molar-refractivity contribution >= 4 is 34.2 Å². The zero-order valence-corrected chi connectivity index (χ0v) is 20.8. The number of carbonyl (C=O) groups excluding carboxylic acids is 2. The highest BCUT2D eigenvalue weighted by Gasteiger charge is 2.31. The molecule has 0 aliphatic carbocycles. The number of nitrogens with zero attached hydrogens (tertiary/aromatic N) is 4. The molecule has 1 saturated heterocycles. The Hall–Kier alpha value is -3.95. The second-order valence-electron chi connectivity index (χ2n) is 8.41. The smallest absolute Gasteiger partial charge is 0.322 e. The molecule has 0 radical (unpaired) electrons. The van der Waals surface area contributed by atoms with Gasteiger partial charge in [0.1, 0.15) is 5.82 Å². The second kappa shape index (κ2) is 11.0. The Labute approximate surface area is 215 Å². The topological polar surface area (TPSA) is 90.5 Å². The quantitative estimate of drug-likeness (QED) is 0.495. The van der Waals surface area contributed by atoms with E-state index in [4.69, 9.17) is 0 Å². The van der Waals surface area contributed by atoms with Crippen LogP contribution in [-0.2, 0) is 6.18 Å². The normalized spacial score (nSPS) is 14.0. The van der Waals surface area contributed by atoms with E-state index in [2.05, 4.69) is 37.3 Å². The monoisotopic (exact) mass is 528 g/mol. The van der Waals surface area contributed by atoms with Gasteiger partial charge in [-0.15, -0.1) is 0 Å². The average Bonchev–Trinajstić information content (AvgIpc) is 3.30. The first-order valence-electron chi connectivity index (χ1n) is 11.3. The van der Waals surface area contributed by atoms with Gasteiger partial charge in [0.15, 0.2) is 5.13 Å². The molecule has 2 aromatic heterocycles. The summed E-state index contributed by atoms with van der Waals surface area (Å²) < 4.78 is 38.8. The third-order valence-electron chi connectivity index (χ3n) is 5.66. The molecule has 1 aromatic carbocycles. The number of aromatic nitrogens is 2. The molecular formula is C25H23F3N6O2S. The molecule has 1 aliphatic heterocycles. The Kier molecular flexibility index (Phi) is 7.75. The first-order chi connectivity index (χ1) is 17.6. The third kappa shape index (κ3) is 6.84. The molecule has 0 unspecified atom stereocenters. The van der Waals surface area contributed by atoms with Crippen molar-refractivity contribution in [2.75, 3.05) is 43.9 Å². The van der Waals surface area contributed by atoms with Crippen LogP contribution in [0.1, 0.15) is 31.9 Å². The van der Waals surface area contributed by atoms with E-state index in [1.165, 1.54) is 11.3 Å². The van der Waals surface area contributed by atoms with Crippen LogP contribution >= 0.6 is 11.3 Å². The largest absolute Gasteiger partial charge is 0.416 e. The molecule has 0 bridgehead atoms. The van der Waals surface area contributed by atoms with Crippen molar-refractivity contribution in [2.24, 2.45) is 0 Å². The van der Waals surface area contributed by atoms with E-state index in [1.54, 1.807) is 29.3 Å². The zero-order valence-electron chi connectivity index (χ0n) is 20.0. The van der Waals surface area contributed by atoms with E-state index in [1.807, 2.05) is 14.0 Å². The van der Waals surface area contributed by atoms with Gasteiger partial charge in [-0.1, -0.05) is 23.3 Å². The number of hydrogen-bond acceptors (Lipinski definition) is 6. The Morgan fingerprint density at radius 2 is 1.78 bits per heavy atom. The maximum absolute atomic E-state index is 12.9. The molecule has 3 amide bonds. The van der Waals surface area contributed by atoms with Crippen molar-refractivity contribution in [3.8, 4) is 11.8 Å². The van der Waals surface area contributed by atoms with Gasteiger partial charge >= 0.3 is 12.2 Å².